The molecule has 0 aliphatic heterocycles. The summed E-state index contributed by atoms with van der Waals surface area (Å²) in [7, 11) is 2.10. The van der Waals surface area contributed by atoms with Crippen molar-refractivity contribution < 1.29 is 4.57 Å². The zero-order chi connectivity index (χ0) is 14.4. The van der Waals surface area contributed by atoms with E-state index < -0.39 is 0 Å². The van der Waals surface area contributed by atoms with Gasteiger partial charge in [-0.15, -0.1) is 0 Å². The van der Waals surface area contributed by atoms with Gasteiger partial charge in [-0.25, -0.2) is 4.98 Å². The van der Waals surface area contributed by atoms with Crippen molar-refractivity contribution in [3.8, 4) is 11.4 Å². The Balaban J connectivity index is 2.08. The first-order valence-corrected chi connectivity index (χ1v) is 7.07. The van der Waals surface area contributed by atoms with E-state index in [0.29, 0.717) is 0 Å². The van der Waals surface area contributed by atoms with Gasteiger partial charge in [0.1, 0.15) is 12.9 Å². The Bertz CT molecular complexity index is 934. The second kappa shape index (κ2) is 4.42. The van der Waals surface area contributed by atoms with Crippen LogP contribution in [0.4, 0.5) is 0 Å². The summed E-state index contributed by atoms with van der Waals surface area (Å²) < 4.78 is 2.21. The summed E-state index contributed by atoms with van der Waals surface area (Å²) >= 11 is 0. The summed E-state index contributed by atoms with van der Waals surface area (Å²) in [4.78, 5) is 8.17. The monoisotopic (exact) mass is 274 g/mol. The van der Waals surface area contributed by atoms with Crippen LogP contribution in [-0.4, -0.2) is 9.97 Å². The number of imidazole rings is 1. The maximum Gasteiger partial charge on any atom is 0.213 e. The summed E-state index contributed by atoms with van der Waals surface area (Å²) in [6, 6.07) is 18.8. The summed E-state index contributed by atoms with van der Waals surface area (Å²) in [6.07, 6.45) is 0. The third-order valence-electron chi connectivity index (χ3n) is 4.08. The molecule has 0 bridgehead atoms. The Morgan fingerprint density at radius 3 is 2.62 bits per heavy atom. The molecule has 1 N–H and O–H groups in total. The van der Waals surface area contributed by atoms with Crippen LogP contribution in [-0.2, 0) is 7.05 Å². The van der Waals surface area contributed by atoms with Crippen molar-refractivity contribution in [3.63, 3.8) is 0 Å². The lowest BCUT2D eigenvalue weighted by Gasteiger charge is -2.05. The highest BCUT2D eigenvalue weighted by Gasteiger charge is 2.16. The molecule has 0 aliphatic rings. The smallest absolute Gasteiger partial charge is 0.213 e. The van der Waals surface area contributed by atoms with Crippen LogP contribution in [0.2, 0.25) is 0 Å². The van der Waals surface area contributed by atoms with Crippen molar-refractivity contribution in [2.24, 2.45) is 7.05 Å². The van der Waals surface area contributed by atoms with Gasteiger partial charge in [-0.1, -0.05) is 24.3 Å². The van der Waals surface area contributed by atoms with Crippen LogP contribution in [0.3, 0.4) is 0 Å². The fraction of sp³-hybridized carbons (Fsp3) is 0.111. The first-order valence-electron chi connectivity index (χ1n) is 7.07. The molecule has 4 rings (SSSR count). The first kappa shape index (κ1) is 12.1. The molecule has 0 amide bonds. The number of para-hydroxylation sites is 3. The minimum absolute atomic E-state index is 0.927. The van der Waals surface area contributed by atoms with Crippen molar-refractivity contribution in [1.29, 1.82) is 0 Å². The molecule has 2 aromatic carbocycles. The summed E-state index contributed by atoms with van der Waals surface area (Å²) in [5.41, 5.74) is 5.65. The average Bonchev–Trinajstić information content (AvgIpc) is 2.94. The number of nitrogens with one attached hydrogen (secondary N) is 1. The molecule has 0 spiro atoms. The van der Waals surface area contributed by atoms with Crippen LogP contribution < -0.4 is 4.57 Å². The lowest BCUT2D eigenvalue weighted by molar-refractivity contribution is -0.651. The van der Waals surface area contributed by atoms with Crippen molar-refractivity contribution in [2.45, 2.75) is 6.92 Å². The second-order valence-corrected chi connectivity index (χ2v) is 5.38. The number of aromatic nitrogens is 3. The number of aryl methyl sites for hydroxylation is 2. The number of nitrogens with zero attached hydrogens (tertiary/aromatic N) is 2. The molecule has 4 aromatic rings. The van der Waals surface area contributed by atoms with E-state index in [1.807, 2.05) is 18.2 Å². The number of H-pyrrole nitrogens is 1. The van der Waals surface area contributed by atoms with Gasteiger partial charge < -0.3 is 4.98 Å². The van der Waals surface area contributed by atoms with Crippen LogP contribution in [0.1, 0.15) is 5.69 Å². The van der Waals surface area contributed by atoms with Crippen LogP contribution >= 0.6 is 0 Å². The van der Waals surface area contributed by atoms with Crippen LogP contribution in [0, 0.1) is 6.92 Å². The Morgan fingerprint density at radius 2 is 1.76 bits per heavy atom. The molecule has 3 heteroatoms. The molecule has 0 radical (unpaired) electrons. The average molecular weight is 274 g/mol. The number of aromatic amines is 1. The molecule has 21 heavy (non-hydrogen) atoms. The first-order chi connectivity index (χ1) is 10.2. The van der Waals surface area contributed by atoms with Gasteiger partial charge in [-0.3, -0.25) is 0 Å². The fourth-order valence-electron chi connectivity index (χ4n) is 2.84. The van der Waals surface area contributed by atoms with E-state index >= 15 is 0 Å². The van der Waals surface area contributed by atoms with E-state index in [2.05, 4.69) is 59.9 Å². The summed E-state index contributed by atoms with van der Waals surface area (Å²) in [5, 5.41) is 1.21. The standard InChI is InChI=1S/C18H15N3/c1-12-11-14(13-7-3-6-10-17(13)21(12)2)18-19-15-8-4-5-9-16(15)20-18/h3-11H,1-2H3/p+1. The van der Waals surface area contributed by atoms with Gasteiger partial charge in [0, 0.05) is 24.6 Å². The van der Waals surface area contributed by atoms with Crippen molar-refractivity contribution in [3.05, 3.63) is 60.3 Å². The molecule has 102 valence electrons. The molecule has 0 saturated heterocycles. The summed E-state index contributed by atoms with van der Waals surface area (Å²) in [5.74, 6) is 0.927. The van der Waals surface area contributed by atoms with Gasteiger partial charge in [-0.05, 0) is 18.2 Å². The molecule has 0 saturated carbocycles. The number of hydrogen-bond donors (Lipinski definition) is 1. The van der Waals surface area contributed by atoms with Gasteiger partial charge in [0.15, 0.2) is 5.69 Å². The third kappa shape index (κ3) is 1.82. The van der Waals surface area contributed by atoms with Crippen LogP contribution in [0.15, 0.2) is 54.6 Å². The zero-order valence-electron chi connectivity index (χ0n) is 12.1. The number of rotatable bonds is 1. The third-order valence-corrected chi connectivity index (χ3v) is 4.08. The molecule has 0 fully saturated rings. The van der Waals surface area contributed by atoms with E-state index in [-0.39, 0.29) is 0 Å². The molecule has 0 aliphatic carbocycles. The highest BCUT2D eigenvalue weighted by Crippen LogP contribution is 2.27. The number of hydrogen-bond acceptors (Lipinski definition) is 1. The highest BCUT2D eigenvalue weighted by molar-refractivity contribution is 5.93. The van der Waals surface area contributed by atoms with Crippen LogP contribution in [0.5, 0.6) is 0 Å². The number of benzene rings is 2. The topological polar surface area (TPSA) is 32.6 Å². The lowest BCUT2D eigenvalue weighted by Crippen LogP contribution is -2.32. The minimum Gasteiger partial charge on any atom is -0.338 e. The van der Waals surface area contributed by atoms with E-state index in [4.69, 9.17) is 4.98 Å². The predicted molar refractivity (Wildman–Crippen MR) is 84.9 cm³/mol. The maximum absolute atomic E-state index is 4.74. The van der Waals surface area contributed by atoms with Gasteiger partial charge in [0.05, 0.1) is 16.4 Å². The van der Waals surface area contributed by atoms with E-state index in [1.54, 1.807) is 0 Å². The molecule has 0 atom stereocenters. The minimum atomic E-state index is 0.927. The molecule has 2 heterocycles. The van der Waals surface area contributed by atoms with Crippen LogP contribution in [0.25, 0.3) is 33.3 Å². The van der Waals surface area contributed by atoms with Gasteiger partial charge in [-0.2, -0.15) is 4.57 Å². The predicted octanol–water partition coefficient (Wildman–Crippen LogP) is 3.52. The van der Waals surface area contributed by atoms with Gasteiger partial charge in [0.2, 0.25) is 5.52 Å². The molecule has 0 unspecified atom stereocenters. The van der Waals surface area contributed by atoms with E-state index in [9.17, 15) is 0 Å². The summed E-state index contributed by atoms with van der Waals surface area (Å²) in [6.45, 7) is 2.12. The molecule has 2 aromatic heterocycles. The quantitative estimate of drug-likeness (QED) is 0.529. The Hall–Kier alpha value is -2.68. The Kier molecular flexibility index (Phi) is 2.54. The maximum atomic E-state index is 4.74. The SMILES string of the molecule is Cc1cc(-c2nc3ccccc3[nH]2)c2ccccc2[n+]1C. The van der Waals surface area contributed by atoms with Crippen molar-refractivity contribution in [2.75, 3.05) is 0 Å². The molecular weight excluding hydrogens is 258 g/mol. The zero-order valence-corrected chi connectivity index (χ0v) is 12.1. The highest BCUT2D eigenvalue weighted by atomic mass is 14.9. The normalized spacial score (nSPS) is 11.3. The van der Waals surface area contributed by atoms with Gasteiger partial charge in [0.25, 0.3) is 0 Å². The van der Waals surface area contributed by atoms with Crippen molar-refractivity contribution >= 4 is 21.9 Å². The lowest BCUT2D eigenvalue weighted by atomic mass is 10.1. The van der Waals surface area contributed by atoms with Crippen molar-refractivity contribution in [1.82, 2.24) is 9.97 Å². The van der Waals surface area contributed by atoms with E-state index in [0.717, 1.165) is 22.4 Å². The number of pyridine rings is 1. The Labute approximate surface area is 122 Å². The fourth-order valence-corrected chi connectivity index (χ4v) is 2.84. The second-order valence-electron chi connectivity index (χ2n) is 5.38. The number of fused-ring (bicyclic) bond motifs is 2. The molecule has 3 nitrogen and oxygen atoms in total. The molecular formula is C18H16N3+. The van der Waals surface area contributed by atoms with Gasteiger partial charge >= 0.3 is 0 Å². The largest absolute Gasteiger partial charge is 0.338 e. The van der Waals surface area contributed by atoms with E-state index in [1.165, 1.54) is 16.6 Å². The Morgan fingerprint density at radius 1 is 1.00 bits per heavy atom.